The van der Waals surface area contributed by atoms with Crippen molar-refractivity contribution in [3.8, 4) is 0 Å². The van der Waals surface area contributed by atoms with Gasteiger partial charge in [-0.15, -0.1) is 0 Å². The van der Waals surface area contributed by atoms with Crippen LogP contribution in [0.1, 0.15) is 18.7 Å². The summed E-state index contributed by atoms with van der Waals surface area (Å²) in [6, 6.07) is 15.4. The highest BCUT2D eigenvalue weighted by molar-refractivity contribution is 5.79. The zero-order chi connectivity index (χ0) is 21.4. The third-order valence-electron chi connectivity index (χ3n) is 6.29. The maximum absolute atomic E-state index is 12.8. The van der Waals surface area contributed by atoms with Crippen molar-refractivity contribution in [3.05, 3.63) is 71.0 Å². The Bertz CT molecular complexity index is 1310. The maximum atomic E-state index is 12.8. The van der Waals surface area contributed by atoms with Crippen LogP contribution in [0.2, 0.25) is 0 Å². The average Bonchev–Trinajstić information content (AvgIpc) is 3.11. The number of fused-ring (bicyclic) bond motifs is 2. The molecule has 31 heavy (non-hydrogen) atoms. The maximum Gasteiger partial charge on any atom is 0.261 e. The molecule has 1 aliphatic heterocycles. The standard InChI is InChI=1S/C24H25N5O2/c1-17-26-21-8-4-5-9-22(21)29(17)14-18-10-12-27(13-11-18)23(30)15-28-16-25-20-7-3-2-6-19(20)24(28)31/h2-9,16,18H,10-15H2,1H3. The summed E-state index contributed by atoms with van der Waals surface area (Å²) in [5.74, 6) is 1.51. The molecule has 1 aliphatic rings. The van der Waals surface area contributed by atoms with Gasteiger partial charge in [-0.1, -0.05) is 24.3 Å². The Hall–Kier alpha value is -3.48. The Labute approximate surface area is 180 Å². The molecule has 0 bridgehead atoms. The molecule has 2 aromatic heterocycles. The van der Waals surface area contributed by atoms with Crippen molar-refractivity contribution < 1.29 is 4.79 Å². The molecule has 1 fully saturated rings. The number of rotatable bonds is 4. The van der Waals surface area contributed by atoms with Gasteiger partial charge in [0.25, 0.3) is 5.56 Å². The Balaban J connectivity index is 1.23. The SMILES string of the molecule is Cc1nc2ccccc2n1CC1CCN(C(=O)Cn2cnc3ccccc3c2=O)CC1. The van der Waals surface area contributed by atoms with Gasteiger partial charge < -0.3 is 9.47 Å². The number of piperidine rings is 1. The molecule has 7 nitrogen and oxygen atoms in total. The average molecular weight is 415 g/mol. The Morgan fingerprint density at radius 3 is 2.55 bits per heavy atom. The number of benzene rings is 2. The summed E-state index contributed by atoms with van der Waals surface area (Å²) in [6.07, 6.45) is 3.37. The first-order valence-corrected chi connectivity index (χ1v) is 10.7. The molecule has 2 aromatic carbocycles. The van der Waals surface area contributed by atoms with E-state index in [0.717, 1.165) is 30.7 Å². The summed E-state index contributed by atoms with van der Waals surface area (Å²) in [7, 11) is 0. The summed E-state index contributed by atoms with van der Waals surface area (Å²) in [6.45, 7) is 4.43. The van der Waals surface area contributed by atoms with Crippen LogP contribution in [0.4, 0.5) is 0 Å². The van der Waals surface area contributed by atoms with Crippen LogP contribution < -0.4 is 5.56 Å². The molecule has 3 heterocycles. The molecule has 0 saturated carbocycles. The normalized spacial score (nSPS) is 15.1. The van der Waals surface area contributed by atoms with E-state index in [1.165, 1.54) is 16.4 Å². The number of nitrogens with zero attached hydrogens (tertiary/aromatic N) is 5. The molecule has 0 atom stereocenters. The van der Waals surface area contributed by atoms with Crippen LogP contribution in [0.3, 0.4) is 0 Å². The topological polar surface area (TPSA) is 73.0 Å². The van der Waals surface area contributed by atoms with Crippen LogP contribution in [0.15, 0.2) is 59.7 Å². The molecule has 0 radical (unpaired) electrons. The van der Waals surface area contributed by atoms with Gasteiger partial charge in [0.05, 0.1) is 28.3 Å². The fourth-order valence-corrected chi connectivity index (χ4v) is 4.51. The predicted octanol–water partition coefficient (Wildman–Crippen LogP) is 2.99. The fraction of sp³-hybridized carbons (Fsp3) is 0.333. The van der Waals surface area contributed by atoms with E-state index < -0.39 is 0 Å². The Kier molecular flexibility index (Phi) is 5.02. The van der Waals surface area contributed by atoms with Crippen LogP contribution in [0.25, 0.3) is 21.9 Å². The first kappa shape index (κ1) is 19.5. The molecular formula is C24H25N5O2. The summed E-state index contributed by atoms with van der Waals surface area (Å²) in [5, 5.41) is 0.541. The van der Waals surface area contributed by atoms with Gasteiger partial charge in [-0.25, -0.2) is 9.97 Å². The third-order valence-corrected chi connectivity index (χ3v) is 6.29. The van der Waals surface area contributed by atoms with Gasteiger partial charge in [-0.3, -0.25) is 14.2 Å². The number of imidazole rings is 1. The number of aryl methyl sites for hydroxylation is 1. The van der Waals surface area contributed by atoms with Gasteiger partial charge in [-0.05, 0) is 49.9 Å². The lowest BCUT2D eigenvalue weighted by Crippen LogP contribution is -2.42. The Morgan fingerprint density at radius 1 is 1.03 bits per heavy atom. The first-order chi connectivity index (χ1) is 15.1. The van der Waals surface area contributed by atoms with Crippen LogP contribution in [-0.2, 0) is 17.9 Å². The Morgan fingerprint density at radius 2 is 1.74 bits per heavy atom. The number of likely N-dealkylation sites (tertiary alicyclic amines) is 1. The third kappa shape index (κ3) is 3.71. The largest absolute Gasteiger partial charge is 0.341 e. The van der Waals surface area contributed by atoms with Crippen molar-refractivity contribution in [2.75, 3.05) is 13.1 Å². The van der Waals surface area contributed by atoms with Gasteiger partial charge in [-0.2, -0.15) is 0 Å². The second kappa shape index (κ2) is 7.98. The highest BCUT2D eigenvalue weighted by atomic mass is 16.2. The molecule has 7 heteroatoms. The van der Waals surface area contributed by atoms with E-state index in [-0.39, 0.29) is 18.0 Å². The number of hydrogen-bond donors (Lipinski definition) is 0. The van der Waals surface area contributed by atoms with Crippen LogP contribution in [0, 0.1) is 12.8 Å². The lowest BCUT2D eigenvalue weighted by molar-refractivity contribution is -0.133. The van der Waals surface area contributed by atoms with E-state index in [2.05, 4.69) is 20.6 Å². The number of para-hydroxylation sites is 3. The molecule has 5 rings (SSSR count). The van der Waals surface area contributed by atoms with Crippen LogP contribution in [-0.4, -0.2) is 43.0 Å². The minimum Gasteiger partial charge on any atom is -0.341 e. The van der Waals surface area contributed by atoms with Crippen molar-refractivity contribution in [1.29, 1.82) is 0 Å². The smallest absolute Gasteiger partial charge is 0.261 e. The highest BCUT2D eigenvalue weighted by Gasteiger charge is 2.24. The summed E-state index contributed by atoms with van der Waals surface area (Å²) >= 11 is 0. The van der Waals surface area contributed by atoms with Crippen molar-refractivity contribution in [2.45, 2.75) is 32.9 Å². The number of hydrogen-bond acceptors (Lipinski definition) is 4. The second-order valence-electron chi connectivity index (χ2n) is 8.28. The van der Waals surface area contributed by atoms with Crippen molar-refractivity contribution >= 4 is 27.8 Å². The minimum atomic E-state index is -0.170. The zero-order valence-electron chi connectivity index (χ0n) is 17.6. The van der Waals surface area contributed by atoms with Gasteiger partial charge in [0.1, 0.15) is 12.4 Å². The number of carbonyl (C=O) groups is 1. The number of carbonyl (C=O) groups excluding carboxylic acids is 1. The van der Waals surface area contributed by atoms with Crippen molar-refractivity contribution in [1.82, 2.24) is 24.0 Å². The van der Waals surface area contributed by atoms with E-state index in [0.29, 0.717) is 29.9 Å². The molecule has 0 spiro atoms. The fourth-order valence-electron chi connectivity index (χ4n) is 4.51. The molecular weight excluding hydrogens is 390 g/mol. The summed E-state index contributed by atoms with van der Waals surface area (Å²) in [4.78, 5) is 36.3. The zero-order valence-corrected chi connectivity index (χ0v) is 17.6. The van der Waals surface area contributed by atoms with Gasteiger partial charge >= 0.3 is 0 Å². The molecule has 158 valence electrons. The first-order valence-electron chi connectivity index (χ1n) is 10.7. The van der Waals surface area contributed by atoms with Crippen molar-refractivity contribution in [2.24, 2.45) is 5.92 Å². The summed E-state index contributed by atoms with van der Waals surface area (Å²) < 4.78 is 3.70. The molecule has 0 aliphatic carbocycles. The monoisotopic (exact) mass is 415 g/mol. The van der Waals surface area contributed by atoms with E-state index in [9.17, 15) is 9.59 Å². The minimum absolute atomic E-state index is 0.0260. The van der Waals surface area contributed by atoms with Crippen LogP contribution >= 0.6 is 0 Å². The van der Waals surface area contributed by atoms with E-state index in [4.69, 9.17) is 0 Å². The van der Waals surface area contributed by atoms with E-state index >= 15 is 0 Å². The van der Waals surface area contributed by atoms with E-state index in [1.54, 1.807) is 12.1 Å². The molecule has 1 amide bonds. The molecule has 4 aromatic rings. The lowest BCUT2D eigenvalue weighted by Gasteiger charge is -2.32. The number of amides is 1. The molecule has 0 unspecified atom stereocenters. The molecule has 0 N–H and O–H groups in total. The van der Waals surface area contributed by atoms with Gasteiger partial charge in [0, 0.05) is 19.6 Å². The predicted molar refractivity (Wildman–Crippen MR) is 120 cm³/mol. The van der Waals surface area contributed by atoms with Crippen molar-refractivity contribution in [3.63, 3.8) is 0 Å². The van der Waals surface area contributed by atoms with Crippen LogP contribution in [0.5, 0.6) is 0 Å². The van der Waals surface area contributed by atoms with Gasteiger partial charge in [0.15, 0.2) is 0 Å². The lowest BCUT2D eigenvalue weighted by atomic mass is 9.96. The quantitative estimate of drug-likeness (QED) is 0.514. The number of aromatic nitrogens is 4. The van der Waals surface area contributed by atoms with E-state index in [1.807, 2.05) is 42.2 Å². The highest BCUT2D eigenvalue weighted by Crippen LogP contribution is 2.23. The molecule has 1 saturated heterocycles. The summed E-state index contributed by atoms with van der Waals surface area (Å²) in [5.41, 5.74) is 2.68. The van der Waals surface area contributed by atoms with Gasteiger partial charge in [0.2, 0.25) is 5.91 Å². The second-order valence-corrected chi connectivity index (χ2v) is 8.28.